The minimum absolute atomic E-state index is 0.0416. The van der Waals surface area contributed by atoms with Gasteiger partial charge in [-0.25, -0.2) is 19.0 Å². The number of alkyl halides is 6. The second kappa shape index (κ2) is 8.50. The second-order valence-electron chi connectivity index (χ2n) is 8.21. The van der Waals surface area contributed by atoms with Crippen LogP contribution in [-0.4, -0.2) is 56.2 Å². The van der Waals surface area contributed by atoms with Crippen LogP contribution in [-0.2, 0) is 17.1 Å². The Balaban J connectivity index is 1.43. The van der Waals surface area contributed by atoms with Gasteiger partial charge in [-0.1, -0.05) is 0 Å². The van der Waals surface area contributed by atoms with Crippen LogP contribution in [0.1, 0.15) is 21.6 Å². The summed E-state index contributed by atoms with van der Waals surface area (Å²) in [5.74, 6) is -0.655. The topological polar surface area (TPSA) is 141 Å². The summed E-state index contributed by atoms with van der Waals surface area (Å²) in [5, 5.41) is 17.3. The monoisotopic (exact) mass is 560 g/mol. The average Bonchev–Trinajstić information content (AvgIpc) is 3.69. The molecule has 202 valence electrons. The molecule has 6 aromatic rings. The number of rotatable bonds is 4. The number of amides is 1. The lowest BCUT2D eigenvalue weighted by Crippen LogP contribution is -2.22. The minimum Gasteiger partial charge on any atom is -0.344 e. The maximum absolute atomic E-state index is 14.3. The van der Waals surface area contributed by atoms with E-state index in [2.05, 4.69) is 30.4 Å². The number of hydrogen-bond acceptors (Lipinski definition) is 7. The van der Waals surface area contributed by atoms with Gasteiger partial charge in [-0.15, -0.1) is 4.80 Å². The molecule has 0 aliphatic rings. The molecule has 18 heteroatoms. The highest BCUT2D eigenvalue weighted by molar-refractivity contribution is 6.05. The quantitative estimate of drug-likeness (QED) is 0.316. The lowest BCUT2D eigenvalue weighted by atomic mass is 10.2. The Morgan fingerprint density at radius 1 is 0.950 bits per heavy atom. The summed E-state index contributed by atoms with van der Waals surface area (Å²) in [4.78, 5) is 31.1. The third-order valence-corrected chi connectivity index (χ3v) is 5.81. The number of nitrogens with one attached hydrogen (secondary N) is 2. The molecular formula is C22H10F6N10O2. The summed E-state index contributed by atoms with van der Waals surface area (Å²) in [7, 11) is 0. The van der Waals surface area contributed by atoms with Gasteiger partial charge in [-0.3, -0.25) is 4.79 Å². The highest BCUT2D eigenvalue weighted by Gasteiger charge is 2.41. The maximum Gasteiger partial charge on any atom is 0.434 e. The molecule has 0 bridgehead atoms. The van der Waals surface area contributed by atoms with Crippen LogP contribution in [0.3, 0.4) is 0 Å². The van der Waals surface area contributed by atoms with Gasteiger partial charge < -0.3 is 10.3 Å². The molecule has 12 nitrogen and oxygen atoms in total. The molecule has 0 radical (unpaired) electrons. The molecule has 0 spiro atoms. The number of nitrogens with zero attached hydrogens (tertiary/aromatic N) is 8. The third-order valence-electron chi connectivity index (χ3n) is 5.81. The summed E-state index contributed by atoms with van der Waals surface area (Å²) < 4.78 is 85.3. The molecule has 0 fully saturated rings. The standard InChI is InChI=1S/C22H10F6N10O2/c23-21(24,25)13-5-10(6-29-19(13)38-30-3-4-31-38)34-20(40)12-8-33-37(18(12)22(26,27)28)16-2-1-14-17-11(7-32-36(16)17)15(9-39)35-14/h1-8,35H,(H,34,40). The lowest BCUT2D eigenvalue weighted by Gasteiger charge is -2.15. The molecule has 0 aliphatic carbocycles. The van der Waals surface area contributed by atoms with Crippen molar-refractivity contribution < 1.29 is 35.9 Å². The number of carbonyl (C=O) groups is 1. The van der Waals surface area contributed by atoms with E-state index < -0.39 is 46.6 Å². The van der Waals surface area contributed by atoms with Crippen LogP contribution in [0.25, 0.3) is 28.1 Å². The lowest BCUT2D eigenvalue weighted by molar-refractivity contribution is -0.143. The fourth-order valence-corrected chi connectivity index (χ4v) is 4.19. The van der Waals surface area contributed by atoms with E-state index >= 15 is 0 Å². The van der Waals surface area contributed by atoms with Gasteiger partial charge in [-0.05, 0) is 18.2 Å². The molecule has 0 saturated heterocycles. The van der Waals surface area contributed by atoms with Gasteiger partial charge in [0.05, 0.1) is 53.1 Å². The Bertz CT molecular complexity index is 1990. The van der Waals surface area contributed by atoms with E-state index in [1.54, 1.807) is 5.94 Å². The molecule has 0 atom stereocenters. The fourth-order valence-electron chi connectivity index (χ4n) is 4.19. The first kappa shape index (κ1) is 24.8. The number of aromatic nitrogens is 9. The Hall–Kier alpha value is -5.51. The molecule has 1 amide bonds. The van der Waals surface area contributed by atoms with Gasteiger partial charge in [0, 0.05) is 0 Å². The number of halogens is 6. The third kappa shape index (κ3) is 3.85. The molecule has 6 aromatic heterocycles. The number of H-pyrrole nitrogens is 1. The van der Waals surface area contributed by atoms with Crippen molar-refractivity contribution in [1.29, 1.82) is 0 Å². The van der Waals surface area contributed by atoms with Gasteiger partial charge in [-0.2, -0.15) is 46.7 Å². The van der Waals surface area contributed by atoms with Crippen molar-refractivity contribution in [2.24, 2.45) is 0 Å². The number of pyridine rings is 2. The van der Waals surface area contributed by atoms with Crippen LogP contribution in [0.4, 0.5) is 32.0 Å². The van der Waals surface area contributed by atoms with Gasteiger partial charge in [0.15, 0.2) is 23.3 Å². The molecule has 0 aromatic carbocycles. The van der Waals surface area contributed by atoms with Crippen molar-refractivity contribution in [3.05, 3.63) is 71.4 Å². The Kier molecular flexibility index (Phi) is 5.27. The molecule has 6 heterocycles. The zero-order chi connectivity index (χ0) is 28.4. The normalized spacial score (nSPS) is 12.3. The van der Waals surface area contributed by atoms with Crippen LogP contribution in [0, 0.1) is 0 Å². The van der Waals surface area contributed by atoms with Crippen LogP contribution in [0.2, 0.25) is 0 Å². The molecule has 40 heavy (non-hydrogen) atoms. The van der Waals surface area contributed by atoms with Crippen molar-refractivity contribution in [1.82, 2.24) is 44.4 Å². The fraction of sp³-hybridized carbons (Fsp3) is 0.0909. The average molecular weight is 560 g/mol. The Labute approximate surface area is 215 Å². The largest absolute Gasteiger partial charge is 0.434 e. The van der Waals surface area contributed by atoms with E-state index in [1.807, 2.05) is 5.32 Å². The van der Waals surface area contributed by atoms with E-state index in [1.165, 1.54) is 18.3 Å². The van der Waals surface area contributed by atoms with Gasteiger partial charge >= 0.3 is 12.4 Å². The van der Waals surface area contributed by atoms with E-state index in [9.17, 15) is 35.9 Å². The maximum atomic E-state index is 14.3. The van der Waals surface area contributed by atoms with E-state index in [4.69, 9.17) is 0 Å². The van der Waals surface area contributed by atoms with Crippen LogP contribution < -0.4 is 10.7 Å². The number of hydrogen-bond donors (Lipinski definition) is 2. The molecule has 6 rings (SSSR count). The SMILES string of the molecule is O=C=c1[nH]c2ccc(-n3ncc(C(=O)Nc4cnc(-n5nccn5)c(C(F)(F)F)c4)c3C(F)(F)F)n3ncc1c23. The summed E-state index contributed by atoms with van der Waals surface area (Å²) in [6.45, 7) is 0. The first-order valence-corrected chi connectivity index (χ1v) is 10.9. The molecular weight excluding hydrogens is 550 g/mol. The molecule has 0 unspecified atom stereocenters. The van der Waals surface area contributed by atoms with Crippen molar-refractivity contribution >= 4 is 34.0 Å². The summed E-state index contributed by atoms with van der Waals surface area (Å²) in [5.41, 5.74) is -3.71. The van der Waals surface area contributed by atoms with Gasteiger partial charge in [0.2, 0.25) is 0 Å². The van der Waals surface area contributed by atoms with Crippen molar-refractivity contribution in [3.8, 4) is 11.6 Å². The zero-order valence-corrected chi connectivity index (χ0v) is 19.3. The highest BCUT2D eigenvalue weighted by atomic mass is 19.4. The van der Waals surface area contributed by atoms with Crippen LogP contribution >= 0.6 is 0 Å². The van der Waals surface area contributed by atoms with Gasteiger partial charge in [0.25, 0.3) is 5.91 Å². The zero-order valence-electron chi connectivity index (χ0n) is 19.3. The van der Waals surface area contributed by atoms with E-state index in [0.717, 1.165) is 23.1 Å². The first-order valence-electron chi connectivity index (χ1n) is 10.9. The van der Waals surface area contributed by atoms with Crippen molar-refractivity contribution in [2.45, 2.75) is 12.4 Å². The highest BCUT2D eigenvalue weighted by Crippen LogP contribution is 2.36. The Morgan fingerprint density at radius 2 is 1.70 bits per heavy atom. The predicted octanol–water partition coefficient (Wildman–Crippen LogP) is 2.49. The molecule has 2 N–H and O–H groups in total. The van der Waals surface area contributed by atoms with Crippen LogP contribution in [0.5, 0.6) is 0 Å². The van der Waals surface area contributed by atoms with E-state index in [0.29, 0.717) is 32.6 Å². The van der Waals surface area contributed by atoms with Crippen molar-refractivity contribution in [2.75, 3.05) is 5.32 Å². The second-order valence-corrected chi connectivity index (χ2v) is 8.21. The first-order chi connectivity index (χ1) is 19.0. The number of carbonyl (C=O) groups excluding carboxylic acids is 2. The summed E-state index contributed by atoms with van der Waals surface area (Å²) in [6.07, 6.45) is -5.16. The minimum atomic E-state index is -5.14. The van der Waals surface area contributed by atoms with Gasteiger partial charge in [0.1, 0.15) is 16.4 Å². The van der Waals surface area contributed by atoms with Crippen LogP contribution in [0.15, 0.2) is 49.2 Å². The Morgan fingerprint density at radius 3 is 2.38 bits per heavy atom. The van der Waals surface area contributed by atoms with Crippen molar-refractivity contribution in [3.63, 3.8) is 0 Å². The number of anilines is 1. The molecule has 0 aliphatic heterocycles. The van der Waals surface area contributed by atoms with E-state index in [-0.39, 0.29) is 16.7 Å². The molecule has 0 saturated carbocycles. The predicted molar refractivity (Wildman–Crippen MR) is 121 cm³/mol. The number of aromatic amines is 1. The smallest absolute Gasteiger partial charge is 0.344 e. The summed E-state index contributed by atoms with van der Waals surface area (Å²) >= 11 is 0. The summed E-state index contributed by atoms with van der Waals surface area (Å²) in [6, 6.07) is 3.11.